The van der Waals surface area contributed by atoms with Gasteiger partial charge in [0.1, 0.15) is 5.82 Å². The molecule has 1 N–H and O–H groups in total. The van der Waals surface area contributed by atoms with Crippen LogP contribution in [0, 0.1) is 0 Å². The number of nitrogens with one attached hydrogen (secondary N) is 1. The van der Waals surface area contributed by atoms with Gasteiger partial charge in [-0.3, -0.25) is 0 Å². The van der Waals surface area contributed by atoms with Crippen LogP contribution < -0.4 is 10.2 Å². The van der Waals surface area contributed by atoms with E-state index in [1.165, 1.54) is 12.0 Å². The Bertz CT molecular complexity index is 394. The molecular formula is C15H25N3O2. The van der Waals surface area contributed by atoms with E-state index in [0.29, 0.717) is 6.10 Å². The number of methoxy groups -OCH3 is 1. The SMILES string of the molecule is COCCNCc1cccnc1N(C)CC1CCCO1. The van der Waals surface area contributed by atoms with E-state index in [0.717, 1.165) is 45.1 Å². The van der Waals surface area contributed by atoms with E-state index in [2.05, 4.69) is 28.3 Å². The molecule has 0 amide bonds. The quantitative estimate of drug-likeness (QED) is 0.730. The van der Waals surface area contributed by atoms with Crippen molar-refractivity contribution in [1.82, 2.24) is 10.3 Å². The van der Waals surface area contributed by atoms with Gasteiger partial charge in [0.25, 0.3) is 0 Å². The maximum absolute atomic E-state index is 5.70. The third-order valence-electron chi connectivity index (χ3n) is 3.53. The second-order valence-corrected chi connectivity index (χ2v) is 5.17. The van der Waals surface area contributed by atoms with E-state index in [4.69, 9.17) is 9.47 Å². The van der Waals surface area contributed by atoms with Gasteiger partial charge in [-0.2, -0.15) is 0 Å². The number of ether oxygens (including phenoxy) is 2. The molecule has 0 aliphatic carbocycles. The molecule has 20 heavy (non-hydrogen) atoms. The lowest BCUT2D eigenvalue weighted by atomic mass is 10.2. The summed E-state index contributed by atoms with van der Waals surface area (Å²) >= 11 is 0. The van der Waals surface area contributed by atoms with Crippen molar-refractivity contribution >= 4 is 5.82 Å². The molecule has 0 spiro atoms. The zero-order valence-electron chi connectivity index (χ0n) is 12.5. The molecule has 0 radical (unpaired) electrons. The Labute approximate surface area is 121 Å². The van der Waals surface area contributed by atoms with Gasteiger partial charge < -0.3 is 19.7 Å². The van der Waals surface area contributed by atoms with Gasteiger partial charge in [-0.1, -0.05) is 6.07 Å². The topological polar surface area (TPSA) is 46.6 Å². The lowest BCUT2D eigenvalue weighted by Gasteiger charge is -2.24. The zero-order chi connectivity index (χ0) is 14.2. The number of anilines is 1. The molecular weight excluding hydrogens is 254 g/mol. The normalized spacial score (nSPS) is 18.4. The Balaban J connectivity index is 1.91. The van der Waals surface area contributed by atoms with Crippen LogP contribution in [-0.4, -0.2) is 51.5 Å². The molecule has 1 aliphatic rings. The predicted octanol–water partition coefficient (Wildman–Crippen LogP) is 1.43. The highest BCUT2D eigenvalue weighted by atomic mass is 16.5. The highest BCUT2D eigenvalue weighted by Crippen LogP contribution is 2.19. The molecule has 5 heteroatoms. The lowest BCUT2D eigenvalue weighted by molar-refractivity contribution is 0.116. The van der Waals surface area contributed by atoms with Gasteiger partial charge in [-0.25, -0.2) is 4.98 Å². The van der Waals surface area contributed by atoms with Crippen molar-refractivity contribution in [2.75, 3.05) is 45.4 Å². The summed E-state index contributed by atoms with van der Waals surface area (Å²) in [6, 6.07) is 4.10. The van der Waals surface area contributed by atoms with Gasteiger partial charge in [0, 0.05) is 52.2 Å². The van der Waals surface area contributed by atoms with Crippen molar-refractivity contribution in [1.29, 1.82) is 0 Å². The van der Waals surface area contributed by atoms with Crippen LogP contribution in [0.15, 0.2) is 18.3 Å². The molecule has 1 fully saturated rings. The molecule has 1 atom stereocenters. The van der Waals surface area contributed by atoms with Crippen LogP contribution in [0.2, 0.25) is 0 Å². The number of aromatic nitrogens is 1. The van der Waals surface area contributed by atoms with Crippen LogP contribution in [0.4, 0.5) is 5.82 Å². The Hall–Kier alpha value is -1.17. The molecule has 0 saturated carbocycles. The van der Waals surface area contributed by atoms with Crippen LogP contribution in [0.25, 0.3) is 0 Å². The number of rotatable bonds is 8. The van der Waals surface area contributed by atoms with Crippen molar-refractivity contribution in [3.63, 3.8) is 0 Å². The first-order valence-corrected chi connectivity index (χ1v) is 7.27. The van der Waals surface area contributed by atoms with E-state index >= 15 is 0 Å². The summed E-state index contributed by atoms with van der Waals surface area (Å²) in [5.74, 6) is 1.04. The van der Waals surface area contributed by atoms with Crippen molar-refractivity contribution in [2.45, 2.75) is 25.5 Å². The first-order valence-electron chi connectivity index (χ1n) is 7.27. The van der Waals surface area contributed by atoms with Gasteiger partial charge in [0.2, 0.25) is 0 Å². The average molecular weight is 279 g/mol. The van der Waals surface area contributed by atoms with E-state index in [1.807, 2.05) is 12.3 Å². The summed E-state index contributed by atoms with van der Waals surface area (Å²) < 4.78 is 10.7. The summed E-state index contributed by atoms with van der Waals surface area (Å²) in [7, 11) is 3.80. The first-order chi connectivity index (χ1) is 9.81. The summed E-state index contributed by atoms with van der Waals surface area (Å²) in [6.07, 6.45) is 4.52. The monoisotopic (exact) mass is 279 g/mol. The fourth-order valence-electron chi connectivity index (χ4n) is 2.49. The minimum Gasteiger partial charge on any atom is -0.383 e. The van der Waals surface area contributed by atoms with Gasteiger partial charge in [0.05, 0.1) is 12.7 Å². The van der Waals surface area contributed by atoms with Crippen LogP contribution in [0.3, 0.4) is 0 Å². The Morgan fingerprint density at radius 2 is 2.45 bits per heavy atom. The fourth-order valence-corrected chi connectivity index (χ4v) is 2.49. The van der Waals surface area contributed by atoms with E-state index in [1.54, 1.807) is 7.11 Å². The second-order valence-electron chi connectivity index (χ2n) is 5.17. The molecule has 1 aromatic heterocycles. The molecule has 1 saturated heterocycles. The number of pyridine rings is 1. The van der Waals surface area contributed by atoms with Crippen molar-refractivity contribution in [3.05, 3.63) is 23.9 Å². The molecule has 1 aliphatic heterocycles. The minimum absolute atomic E-state index is 0.344. The highest BCUT2D eigenvalue weighted by Gasteiger charge is 2.19. The summed E-state index contributed by atoms with van der Waals surface area (Å²) in [6.45, 7) is 4.18. The summed E-state index contributed by atoms with van der Waals surface area (Å²) in [5, 5.41) is 3.37. The molecule has 1 aromatic rings. The third-order valence-corrected chi connectivity index (χ3v) is 3.53. The predicted molar refractivity (Wildman–Crippen MR) is 80.1 cm³/mol. The molecule has 2 rings (SSSR count). The van der Waals surface area contributed by atoms with Crippen molar-refractivity contribution < 1.29 is 9.47 Å². The maximum atomic E-state index is 5.70. The molecule has 112 valence electrons. The van der Waals surface area contributed by atoms with Crippen LogP contribution in [0.1, 0.15) is 18.4 Å². The third kappa shape index (κ3) is 4.44. The summed E-state index contributed by atoms with van der Waals surface area (Å²) in [5.41, 5.74) is 1.21. The zero-order valence-corrected chi connectivity index (χ0v) is 12.5. The van der Waals surface area contributed by atoms with Gasteiger partial charge >= 0.3 is 0 Å². The standard InChI is InChI=1S/C15H25N3O2/c1-18(12-14-6-4-9-20-14)15-13(5-3-7-17-15)11-16-8-10-19-2/h3,5,7,14,16H,4,6,8-12H2,1-2H3. The van der Waals surface area contributed by atoms with Gasteiger partial charge in [-0.05, 0) is 18.9 Å². The molecule has 1 unspecified atom stereocenters. The number of hydrogen-bond acceptors (Lipinski definition) is 5. The number of hydrogen-bond donors (Lipinski definition) is 1. The molecule has 2 heterocycles. The largest absolute Gasteiger partial charge is 0.383 e. The first kappa shape index (κ1) is 15.2. The Morgan fingerprint density at radius 1 is 1.55 bits per heavy atom. The van der Waals surface area contributed by atoms with E-state index < -0.39 is 0 Å². The smallest absolute Gasteiger partial charge is 0.132 e. The van der Waals surface area contributed by atoms with Gasteiger partial charge in [0.15, 0.2) is 0 Å². The lowest BCUT2D eigenvalue weighted by Crippen LogP contribution is -2.30. The molecule has 5 nitrogen and oxygen atoms in total. The van der Waals surface area contributed by atoms with E-state index in [9.17, 15) is 0 Å². The van der Waals surface area contributed by atoms with E-state index in [-0.39, 0.29) is 0 Å². The minimum atomic E-state index is 0.344. The van der Waals surface area contributed by atoms with Crippen LogP contribution in [0.5, 0.6) is 0 Å². The molecule has 0 aromatic carbocycles. The van der Waals surface area contributed by atoms with Crippen LogP contribution >= 0.6 is 0 Å². The highest BCUT2D eigenvalue weighted by molar-refractivity contribution is 5.46. The maximum Gasteiger partial charge on any atom is 0.132 e. The number of nitrogens with zero attached hydrogens (tertiary/aromatic N) is 2. The van der Waals surface area contributed by atoms with Crippen molar-refractivity contribution in [3.8, 4) is 0 Å². The van der Waals surface area contributed by atoms with Gasteiger partial charge in [-0.15, -0.1) is 0 Å². The van der Waals surface area contributed by atoms with Crippen LogP contribution in [-0.2, 0) is 16.0 Å². The Morgan fingerprint density at radius 3 is 3.20 bits per heavy atom. The van der Waals surface area contributed by atoms with Crippen molar-refractivity contribution in [2.24, 2.45) is 0 Å². The second kappa shape index (κ2) is 8.19. The fraction of sp³-hybridized carbons (Fsp3) is 0.667. The Kier molecular flexibility index (Phi) is 6.24. The average Bonchev–Trinajstić information content (AvgIpc) is 2.97. The molecule has 0 bridgehead atoms. The number of likely N-dealkylation sites (N-methyl/N-ethyl adjacent to an activating group) is 1. The summed E-state index contributed by atoms with van der Waals surface area (Å²) in [4.78, 5) is 6.72.